The molecular formula is C21H24N6O2. The van der Waals surface area contributed by atoms with Gasteiger partial charge in [-0.15, -0.1) is 10.2 Å². The quantitative estimate of drug-likeness (QED) is 0.694. The van der Waals surface area contributed by atoms with Gasteiger partial charge in [0.25, 0.3) is 0 Å². The number of anilines is 1. The SMILES string of the molecule is Cn1cnnc1CN1CCC(C(=O)Nc2ccc(Oc3ccccc3)nc2)CC1. The number of nitrogens with one attached hydrogen (secondary N) is 1. The number of ether oxygens (including phenoxy) is 1. The van der Waals surface area contributed by atoms with Crippen LogP contribution in [0.1, 0.15) is 18.7 Å². The van der Waals surface area contributed by atoms with Gasteiger partial charge in [0.2, 0.25) is 11.8 Å². The lowest BCUT2D eigenvalue weighted by molar-refractivity contribution is -0.121. The molecule has 0 atom stereocenters. The molecule has 150 valence electrons. The number of benzene rings is 1. The maximum Gasteiger partial charge on any atom is 0.227 e. The third kappa shape index (κ3) is 4.97. The number of piperidine rings is 1. The second-order valence-corrected chi connectivity index (χ2v) is 7.20. The number of aryl methyl sites for hydroxylation is 1. The van der Waals surface area contributed by atoms with E-state index >= 15 is 0 Å². The number of rotatable bonds is 6. The van der Waals surface area contributed by atoms with Crippen LogP contribution in [0.2, 0.25) is 0 Å². The van der Waals surface area contributed by atoms with E-state index in [9.17, 15) is 4.79 Å². The molecule has 0 unspecified atom stereocenters. The van der Waals surface area contributed by atoms with Crippen LogP contribution < -0.4 is 10.1 Å². The molecule has 3 aromatic rings. The van der Waals surface area contributed by atoms with Gasteiger partial charge in [0.1, 0.15) is 17.9 Å². The van der Waals surface area contributed by atoms with Crippen LogP contribution in [0.25, 0.3) is 0 Å². The molecule has 0 saturated carbocycles. The molecule has 3 heterocycles. The van der Waals surface area contributed by atoms with Gasteiger partial charge in [0, 0.05) is 19.0 Å². The molecule has 1 aromatic carbocycles. The van der Waals surface area contributed by atoms with Gasteiger partial charge in [-0.1, -0.05) is 18.2 Å². The summed E-state index contributed by atoms with van der Waals surface area (Å²) in [7, 11) is 1.94. The van der Waals surface area contributed by atoms with E-state index in [0.29, 0.717) is 11.6 Å². The molecule has 1 amide bonds. The lowest BCUT2D eigenvalue weighted by Crippen LogP contribution is -2.38. The summed E-state index contributed by atoms with van der Waals surface area (Å²) in [6.07, 6.45) is 4.98. The van der Waals surface area contributed by atoms with E-state index in [-0.39, 0.29) is 11.8 Å². The number of nitrogens with zero attached hydrogens (tertiary/aromatic N) is 5. The minimum absolute atomic E-state index is 0.00555. The number of carbonyl (C=O) groups is 1. The monoisotopic (exact) mass is 392 g/mol. The van der Waals surface area contributed by atoms with Crippen molar-refractivity contribution in [2.75, 3.05) is 18.4 Å². The number of hydrogen-bond acceptors (Lipinski definition) is 6. The van der Waals surface area contributed by atoms with Crippen LogP contribution in [0.4, 0.5) is 5.69 Å². The zero-order valence-corrected chi connectivity index (χ0v) is 16.4. The highest BCUT2D eigenvalue weighted by Crippen LogP contribution is 2.22. The molecular weight excluding hydrogens is 368 g/mol. The molecule has 0 radical (unpaired) electrons. The topological polar surface area (TPSA) is 85.2 Å². The van der Waals surface area contributed by atoms with E-state index in [2.05, 4.69) is 25.4 Å². The van der Waals surface area contributed by atoms with Gasteiger partial charge in [-0.3, -0.25) is 9.69 Å². The van der Waals surface area contributed by atoms with Crippen molar-refractivity contribution in [1.82, 2.24) is 24.6 Å². The molecule has 1 saturated heterocycles. The van der Waals surface area contributed by atoms with Gasteiger partial charge in [-0.2, -0.15) is 0 Å². The molecule has 2 aromatic heterocycles. The average Bonchev–Trinajstić information content (AvgIpc) is 3.15. The Bertz CT molecular complexity index is 933. The third-order valence-electron chi connectivity index (χ3n) is 5.10. The predicted molar refractivity (Wildman–Crippen MR) is 108 cm³/mol. The largest absolute Gasteiger partial charge is 0.439 e. The molecule has 8 nitrogen and oxygen atoms in total. The van der Waals surface area contributed by atoms with Crippen molar-refractivity contribution in [1.29, 1.82) is 0 Å². The maximum absolute atomic E-state index is 12.6. The number of likely N-dealkylation sites (tertiary alicyclic amines) is 1. The fraction of sp³-hybridized carbons (Fsp3) is 0.333. The average molecular weight is 392 g/mol. The third-order valence-corrected chi connectivity index (χ3v) is 5.10. The second-order valence-electron chi connectivity index (χ2n) is 7.20. The first-order chi connectivity index (χ1) is 14.2. The fourth-order valence-corrected chi connectivity index (χ4v) is 3.37. The Kier molecular flexibility index (Phi) is 5.81. The molecule has 1 aliphatic rings. The molecule has 0 spiro atoms. The molecule has 0 bridgehead atoms. The zero-order valence-electron chi connectivity index (χ0n) is 16.4. The number of aromatic nitrogens is 4. The van der Waals surface area contributed by atoms with Crippen molar-refractivity contribution in [3.8, 4) is 11.6 Å². The summed E-state index contributed by atoms with van der Waals surface area (Å²) < 4.78 is 7.60. The van der Waals surface area contributed by atoms with E-state index in [1.165, 1.54) is 0 Å². The highest BCUT2D eigenvalue weighted by molar-refractivity contribution is 5.92. The van der Waals surface area contributed by atoms with Crippen LogP contribution >= 0.6 is 0 Å². The first kappa shape index (κ1) is 19.1. The van der Waals surface area contributed by atoms with Crippen LogP contribution in [0.3, 0.4) is 0 Å². The van der Waals surface area contributed by atoms with Gasteiger partial charge in [0.15, 0.2) is 0 Å². The van der Waals surface area contributed by atoms with Crippen molar-refractivity contribution in [3.63, 3.8) is 0 Å². The first-order valence-corrected chi connectivity index (χ1v) is 9.72. The Morgan fingerprint density at radius 2 is 1.97 bits per heavy atom. The van der Waals surface area contributed by atoms with Crippen molar-refractivity contribution in [2.45, 2.75) is 19.4 Å². The highest BCUT2D eigenvalue weighted by Gasteiger charge is 2.25. The number of para-hydroxylation sites is 1. The van der Waals surface area contributed by atoms with Crippen LogP contribution in [0, 0.1) is 5.92 Å². The Morgan fingerprint density at radius 1 is 1.17 bits per heavy atom. The molecule has 0 aliphatic carbocycles. The number of hydrogen-bond donors (Lipinski definition) is 1. The lowest BCUT2D eigenvalue weighted by Gasteiger charge is -2.30. The summed E-state index contributed by atoms with van der Waals surface area (Å²) >= 11 is 0. The molecule has 29 heavy (non-hydrogen) atoms. The van der Waals surface area contributed by atoms with Crippen LogP contribution in [0.5, 0.6) is 11.6 Å². The predicted octanol–water partition coefficient (Wildman–Crippen LogP) is 2.85. The fourth-order valence-electron chi connectivity index (χ4n) is 3.37. The Labute approximate surface area is 169 Å². The minimum atomic E-state index is 0.00555. The summed E-state index contributed by atoms with van der Waals surface area (Å²) in [5.74, 6) is 2.21. The summed E-state index contributed by atoms with van der Waals surface area (Å²) in [4.78, 5) is 19.2. The van der Waals surface area contributed by atoms with Gasteiger partial charge >= 0.3 is 0 Å². The van der Waals surface area contributed by atoms with Crippen LogP contribution in [-0.2, 0) is 18.4 Å². The van der Waals surface area contributed by atoms with Crippen LogP contribution in [-0.4, -0.2) is 43.6 Å². The van der Waals surface area contributed by atoms with Gasteiger partial charge in [0.05, 0.1) is 18.4 Å². The van der Waals surface area contributed by atoms with E-state index in [1.54, 1.807) is 18.6 Å². The van der Waals surface area contributed by atoms with Gasteiger partial charge in [-0.25, -0.2) is 4.98 Å². The van der Waals surface area contributed by atoms with E-state index in [4.69, 9.17) is 4.74 Å². The highest BCUT2D eigenvalue weighted by atomic mass is 16.5. The normalized spacial score (nSPS) is 15.2. The standard InChI is InChI=1S/C21H24N6O2/c1-26-15-23-25-19(26)14-27-11-9-16(10-12-27)21(28)24-17-7-8-20(22-13-17)29-18-5-3-2-4-6-18/h2-8,13,15-16H,9-12,14H2,1H3,(H,24,28). The zero-order chi connectivity index (χ0) is 20.1. The van der Waals surface area contributed by atoms with Gasteiger partial charge < -0.3 is 14.6 Å². The summed E-state index contributed by atoms with van der Waals surface area (Å²) in [6, 6.07) is 13.0. The number of amides is 1. The molecule has 1 aliphatic heterocycles. The Morgan fingerprint density at radius 3 is 2.62 bits per heavy atom. The maximum atomic E-state index is 12.6. The van der Waals surface area contributed by atoms with Crippen LogP contribution in [0.15, 0.2) is 55.0 Å². The summed E-state index contributed by atoms with van der Waals surface area (Å²) in [5.41, 5.74) is 0.678. The van der Waals surface area contributed by atoms with Crippen molar-refractivity contribution in [2.24, 2.45) is 13.0 Å². The number of carbonyl (C=O) groups excluding carboxylic acids is 1. The van der Waals surface area contributed by atoms with Crippen molar-refractivity contribution >= 4 is 11.6 Å². The Balaban J connectivity index is 1.26. The van der Waals surface area contributed by atoms with E-state index in [1.807, 2.05) is 48.0 Å². The second kappa shape index (κ2) is 8.83. The minimum Gasteiger partial charge on any atom is -0.439 e. The molecule has 1 fully saturated rings. The van der Waals surface area contributed by atoms with E-state index in [0.717, 1.165) is 44.0 Å². The Hall–Kier alpha value is -3.26. The van der Waals surface area contributed by atoms with E-state index < -0.39 is 0 Å². The molecule has 4 rings (SSSR count). The first-order valence-electron chi connectivity index (χ1n) is 9.72. The van der Waals surface area contributed by atoms with Crippen molar-refractivity contribution < 1.29 is 9.53 Å². The van der Waals surface area contributed by atoms with Gasteiger partial charge in [-0.05, 0) is 44.1 Å². The summed E-state index contributed by atoms with van der Waals surface area (Å²) in [5, 5.41) is 11.0. The molecule has 1 N–H and O–H groups in total. The van der Waals surface area contributed by atoms with Crippen molar-refractivity contribution in [3.05, 3.63) is 60.8 Å². The lowest BCUT2D eigenvalue weighted by atomic mass is 9.96. The smallest absolute Gasteiger partial charge is 0.227 e. The number of pyridine rings is 1. The molecule has 8 heteroatoms. The summed E-state index contributed by atoms with van der Waals surface area (Å²) in [6.45, 7) is 2.50.